The Morgan fingerprint density at radius 2 is 1.64 bits per heavy atom. The minimum absolute atomic E-state index is 0.0312. The van der Waals surface area contributed by atoms with Crippen LogP contribution < -0.4 is 4.74 Å². The Hall–Kier alpha value is -3.33. The predicted molar refractivity (Wildman–Crippen MR) is 89.3 cm³/mol. The van der Waals surface area contributed by atoms with Crippen LogP contribution in [0.2, 0.25) is 0 Å². The number of benzene rings is 2. The van der Waals surface area contributed by atoms with Gasteiger partial charge >= 0.3 is 0 Å². The third kappa shape index (κ3) is 4.58. The molecule has 0 spiro atoms. The van der Waals surface area contributed by atoms with Gasteiger partial charge in [-0.25, -0.2) is 4.39 Å². The Bertz CT molecular complexity index is 836. The smallest absolute Gasteiger partial charge is 0.193 e. The Kier molecular flexibility index (Phi) is 5.75. The Balaban J connectivity index is 2.01. The predicted octanol–water partition coefficient (Wildman–Crippen LogP) is 3.18. The first-order valence-corrected chi connectivity index (χ1v) is 7.43. The van der Waals surface area contributed by atoms with Crippen LogP contribution in [-0.2, 0) is 4.79 Å². The molecule has 2 aromatic carbocycles. The number of nitriles is 1. The second-order valence-electron chi connectivity index (χ2n) is 5.36. The number of ether oxygens (including phenoxy) is 1. The number of nitrogens with zero attached hydrogens (tertiary/aromatic N) is 1. The summed E-state index contributed by atoms with van der Waals surface area (Å²) in [4.78, 5) is 24.1. The van der Waals surface area contributed by atoms with E-state index in [0.717, 1.165) is 0 Å². The summed E-state index contributed by atoms with van der Waals surface area (Å²) in [6.07, 6.45) is 0. The van der Waals surface area contributed by atoms with Crippen LogP contribution in [-0.4, -0.2) is 23.9 Å². The SMILES string of the molecule is CC(=N)C(C#N)C(=O)COc1ccc(C(=O)c2ccc(F)cc2)cc1. The van der Waals surface area contributed by atoms with Crippen molar-refractivity contribution >= 4 is 17.3 Å². The fraction of sp³-hybridized carbons (Fsp3) is 0.158. The largest absolute Gasteiger partial charge is 0.486 e. The van der Waals surface area contributed by atoms with Gasteiger partial charge in [0.15, 0.2) is 11.6 Å². The molecule has 25 heavy (non-hydrogen) atoms. The Morgan fingerprint density at radius 3 is 2.12 bits per heavy atom. The minimum Gasteiger partial charge on any atom is -0.486 e. The lowest BCUT2D eigenvalue weighted by Crippen LogP contribution is -2.25. The Morgan fingerprint density at radius 1 is 1.12 bits per heavy atom. The molecule has 1 N–H and O–H groups in total. The number of rotatable bonds is 7. The molecule has 0 aliphatic carbocycles. The average Bonchev–Trinajstić information content (AvgIpc) is 2.61. The quantitative estimate of drug-likeness (QED) is 0.620. The van der Waals surface area contributed by atoms with Crippen LogP contribution in [0.4, 0.5) is 4.39 Å². The molecule has 0 fully saturated rings. The first-order valence-electron chi connectivity index (χ1n) is 7.43. The van der Waals surface area contributed by atoms with E-state index in [1.165, 1.54) is 55.5 Å². The topological polar surface area (TPSA) is 91.0 Å². The lowest BCUT2D eigenvalue weighted by molar-refractivity contribution is -0.121. The Labute approximate surface area is 144 Å². The molecule has 1 atom stereocenters. The summed E-state index contributed by atoms with van der Waals surface area (Å²) < 4.78 is 18.2. The van der Waals surface area contributed by atoms with Crippen molar-refractivity contribution in [2.24, 2.45) is 5.92 Å². The van der Waals surface area contributed by atoms with Crippen LogP contribution in [0.15, 0.2) is 48.5 Å². The highest BCUT2D eigenvalue weighted by atomic mass is 19.1. The highest BCUT2D eigenvalue weighted by Gasteiger charge is 2.20. The lowest BCUT2D eigenvalue weighted by Gasteiger charge is -2.09. The van der Waals surface area contributed by atoms with Gasteiger partial charge in [0.2, 0.25) is 0 Å². The van der Waals surface area contributed by atoms with Gasteiger partial charge in [-0.1, -0.05) is 0 Å². The molecule has 0 radical (unpaired) electrons. The van der Waals surface area contributed by atoms with Crippen molar-refractivity contribution in [3.63, 3.8) is 0 Å². The monoisotopic (exact) mass is 338 g/mol. The van der Waals surface area contributed by atoms with Crippen LogP contribution in [0.3, 0.4) is 0 Å². The van der Waals surface area contributed by atoms with Crippen LogP contribution in [0.25, 0.3) is 0 Å². The molecule has 0 heterocycles. The van der Waals surface area contributed by atoms with E-state index in [2.05, 4.69) is 0 Å². The van der Waals surface area contributed by atoms with Crippen molar-refractivity contribution in [2.75, 3.05) is 6.61 Å². The van der Waals surface area contributed by atoms with Crippen molar-refractivity contribution in [1.29, 1.82) is 10.7 Å². The second kappa shape index (κ2) is 7.97. The number of carbonyl (C=O) groups excluding carboxylic acids is 2. The standard InChI is InChI=1S/C19H15FN2O3/c1-12(22)17(10-21)18(23)11-25-16-8-4-14(5-9-16)19(24)13-2-6-15(20)7-3-13/h2-9,17,22H,11H2,1H3. The molecule has 0 bridgehead atoms. The molecule has 0 saturated carbocycles. The maximum atomic E-state index is 12.9. The van der Waals surface area contributed by atoms with Crippen LogP contribution in [0, 0.1) is 28.5 Å². The van der Waals surface area contributed by atoms with E-state index in [-0.39, 0.29) is 18.1 Å². The van der Waals surface area contributed by atoms with Gasteiger partial charge in [-0.15, -0.1) is 0 Å². The van der Waals surface area contributed by atoms with Crippen molar-refractivity contribution in [3.8, 4) is 11.8 Å². The number of ketones is 2. The summed E-state index contributed by atoms with van der Waals surface area (Å²) in [6, 6.07) is 13.1. The average molecular weight is 338 g/mol. The summed E-state index contributed by atoms with van der Waals surface area (Å²) in [7, 11) is 0. The first-order chi connectivity index (χ1) is 11.9. The van der Waals surface area contributed by atoms with E-state index in [9.17, 15) is 14.0 Å². The molecule has 0 aromatic heterocycles. The number of carbonyl (C=O) groups is 2. The van der Waals surface area contributed by atoms with E-state index in [0.29, 0.717) is 16.9 Å². The summed E-state index contributed by atoms with van der Waals surface area (Å²) in [5.74, 6) is -1.92. The molecule has 0 aliphatic rings. The molecular weight excluding hydrogens is 323 g/mol. The third-order valence-electron chi connectivity index (χ3n) is 3.49. The zero-order chi connectivity index (χ0) is 18.4. The van der Waals surface area contributed by atoms with Gasteiger partial charge in [0, 0.05) is 16.8 Å². The zero-order valence-electron chi connectivity index (χ0n) is 13.5. The van der Waals surface area contributed by atoms with Gasteiger partial charge in [-0.05, 0) is 55.5 Å². The lowest BCUT2D eigenvalue weighted by atomic mass is 10.0. The van der Waals surface area contributed by atoms with Gasteiger partial charge < -0.3 is 10.1 Å². The molecule has 0 aliphatic heterocycles. The van der Waals surface area contributed by atoms with Crippen molar-refractivity contribution in [2.45, 2.75) is 6.92 Å². The molecule has 6 heteroatoms. The van der Waals surface area contributed by atoms with Crippen molar-refractivity contribution < 1.29 is 18.7 Å². The van der Waals surface area contributed by atoms with Crippen LogP contribution in [0.5, 0.6) is 5.75 Å². The fourth-order valence-electron chi connectivity index (χ4n) is 2.12. The fourth-order valence-corrected chi connectivity index (χ4v) is 2.12. The summed E-state index contributed by atoms with van der Waals surface area (Å²) in [5.41, 5.74) is 0.732. The van der Waals surface area contributed by atoms with Crippen LogP contribution in [0.1, 0.15) is 22.8 Å². The van der Waals surface area contributed by atoms with E-state index in [1.807, 2.05) is 0 Å². The van der Waals surface area contributed by atoms with E-state index in [4.69, 9.17) is 15.4 Å². The summed E-state index contributed by atoms with van der Waals surface area (Å²) in [6.45, 7) is 1.06. The molecule has 5 nitrogen and oxygen atoms in total. The van der Waals surface area contributed by atoms with E-state index >= 15 is 0 Å². The molecule has 1 unspecified atom stereocenters. The normalized spacial score (nSPS) is 11.2. The zero-order valence-corrected chi connectivity index (χ0v) is 13.5. The number of hydrogen-bond donors (Lipinski definition) is 1. The van der Waals surface area contributed by atoms with Gasteiger partial charge in [0.25, 0.3) is 0 Å². The molecule has 0 amide bonds. The maximum Gasteiger partial charge on any atom is 0.193 e. The first kappa shape index (κ1) is 18.0. The highest BCUT2D eigenvalue weighted by Crippen LogP contribution is 2.16. The van der Waals surface area contributed by atoms with Gasteiger partial charge in [0.1, 0.15) is 24.1 Å². The number of Topliss-reactive ketones (excluding diaryl/α,β-unsaturated/α-hetero) is 1. The molecule has 0 saturated heterocycles. The van der Waals surface area contributed by atoms with Gasteiger partial charge in [-0.3, -0.25) is 9.59 Å². The van der Waals surface area contributed by atoms with E-state index < -0.39 is 17.5 Å². The van der Waals surface area contributed by atoms with Gasteiger partial charge in [-0.2, -0.15) is 5.26 Å². The molecule has 126 valence electrons. The highest BCUT2D eigenvalue weighted by molar-refractivity contribution is 6.09. The number of halogens is 1. The third-order valence-corrected chi connectivity index (χ3v) is 3.49. The van der Waals surface area contributed by atoms with Crippen LogP contribution >= 0.6 is 0 Å². The second-order valence-corrected chi connectivity index (χ2v) is 5.36. The minimum atomic E-state index is -1.11. The van der Waals surface area contributed by atoms with Gasteiger partial charge in [0.05, 0.1) is 6.07 Å². The molecule has 2 rings (SSSR count). The number of hydrogen-bond acceptors (Lipinski definition) is 5. The molecule has 2 aromatic rings. The van der Waals surface area contributed by atoms with E-state index in [1.54, 1.807) is 6.07 Å². The van der Waals surface area contributed by atoms with Crippen molar-refractivity contribution in [3.05, 3.63) is 65.5 Å². The maximum absolute atomic E-state index is 12.9. The molecular formula is C19H15FN2O3. The van der Waals surface area contributed by atoms with Crippen molar-refractivity contribution in [1.82, 2.24) is 0 Å². The summed E-state index contributed by atoms with van der Waals surface area (Å²) >= 11 is 0. The summed E-state index contributed by atoms with van der Waals surface area (Å²) in [5, 5.41) is 16.2. The number of nitrogens with one attached hydrogen (secondary N) is 1.